The molecule has 198 valence electrons. The molecule has 0 aromatic heterocycles. The van der Waals surface area contributed by atoms with E-state index in [2.05, 4.69) is 0 Å². The van der Waals surface area contributed by atoms with Crippen molar-refractivity contribution in [3.8, 4) is 0 Å². The van der Waals surface area contributed by atoms with Gasteiger partial charge in [0.2, 0.25) is 0 Å². The van der Waals surface area contributed by atoms with Gasteiger partial charge in [0.1, 0.15) is 38.0 Å². The van der Waals surface area contributed by atoms with Crippen molar-refractivity contribution >= 4 is 11.9 Å². The van der Waals surface area contributed by atoms with Crippen LogP contribution in [0.2, 0.25) is 0 Å². The Labute approximate surface area is 202 Å². The molecule has 0 saturated heterocycles. The molecule has 2 N–H and O–H groups in total. The molecule has 0 rings (SSSR count). The first-order chi connectivity index (χ1) is 16.2. The van der Waals surface area contributed by atoms with Crippen LogP contribution in [-0.2, 0) is 38.0 Å². The summed E-state index contributed by atoms with van der Waals surface area (Å²) in [7, 11) is 2.97. The first-order valence-electron chi connectivity index (χ1n) is 11.4. The smallest absolute Gasteiger partial charge is 0.303 e. The SMILES string of the molecule is C/C=C/[C@@H](OCOC)[C@H](CC[C@@H](O)[C@H](O)CC[C@H](OC(C)=O)[C@@H](/C=C/C)OCOC)OC(C)=O. The summed E-state index contributed by atoms with van der Waals surface area (Å²) in [5, 5.41) is 21.0. The number of aliphatic hydroxyl groups excluding tert-OH is 2. The summed E-state index contributed by atoms with van der Waals surface area (Å²) in [5.74, 6) is -0.961. The minimum atomic E-state index is -1.09. The Hall–Kier alpha value is -1.82. The van der Waals surface area contributed by atoms with Crippen molar-refractivity contribution < 1.29 is 48.2 Å². The van der Waals surface area contributed by atoms with Crippen LogP contribution < -0.4 is 0 Å². The molecule has 0 radical (unpaired) electrons. The van der Waals surface area contributed by atoms with Gasteiger partial charge in [-0.2, -0.15) is 0 Å². The van der Waals surface area contributed by atoms with Crippen LogP contribution in [0.4, 0.5) is 0 Å². The van der Waals surface area contributed by atoms with Crippen molar-refractivity contribution in [1.29, 1.82) is 0 Å². The monoisotopic (exact) mass is 490 g/mol. The van der Waals surface area contributed by atoms with Gasteiger partial charge < -0.3 is 38.6 Å². The van der Waals surface area contributed by atoms with Crippen LogP contribution in [0, 0.1) is 0 Å². The number of aliphatic hydroxyl groups is 2. The second-order valence-electron chi connectivity index (χ2n) is 7.71. The van der Waals surface area contributed by atoms with E-state index in [9.17, 15) is 19.8 Å². The van der Waals surface area contributed by atoms with Crippen molar-refractivity contribution in [1.82, 2.24) is 0 Å². The van der Waals surface area contributed by atoms with Gasteiger partial charge in [-0.3, -0.25) is 9.59 Å². The lowest BCUT2D eigenvalue weighted by molar-refractivity contribution is -0.161. The number of allylic oxidation sites excluding steroid dienone is 2. The van der Waals surface area contributed by atoms with Gasteiger partial charge in [-0.05, 0) is 39.5 Å². The van der Waals surface area contributed by atoms with Crippen LogP contribution >= 0.6 is 0 Å². The molecule has 0 aliphatic rings. The summed E-state index contributed by atoms with van der Waals surface area (Å²) >= 11 is 0. The van der Waals surface area contributed by atoms with Crippen LogP contribution in [0.3, 0.4) is 0 Å². The predicted molar refractivity (Wildman–Crippen MR) is 125 cm³/mol. The van der Waals surface area contributed by atoms with Gasteiger partial charge in [-0.1, -0.05) is 24.3 Å². The standard InChI is InChI=1S/C24H42O10/c1-7-9-21(31-15-29-5)23(33-17(3)25)13-11-19(27)20(28)12-14-24(34-18(4)26)22(10-8-2)32-16-30-6/h7-10,19-24,27-28H,11-16H2,1-6H3/b9-7+,10-8+/t19-,20-,21-,22-,23+,24+/m1/s1. The largest absolute Gasteiger partial charge is 0.459 e. The number of hydrogen-bond donors (Lipinski definition) is 2. The Kier molecular flexibility index (Phi) is 18.4. The third-order valence-electron chi connectivity index (χ3n) is 4.83. The van der Waals surface area contributed by atoms with Crippen molar-refractivity contribution in [2.45, 2.75) is 90.0 Å². The maximum absolute atomic E-state index is 11.6. The highest BCUT2D eigenvalue weighted by atomic mass is 16.7. The quantitative estimate of drug-likeness (QED) is 0.158. The van der Waals surface area contributed by atoms with Crippen LogP contribution in [-0.4, -0.2) is 86.6 Å². The fourth-order valence-electron chi connectivity index (χ4n) is 3.31. The normalized spacial score (nSPS) is 17.3. The Balaban J connectivity index is 5.09. The Morgan fingerprint density at radius 3 is 1.32 bits per heavy atom. The van der Waals surface area contributed by atoms with E-state index < -0.39 is 48.6 Å². The van der Waals surface area contributed by atoms with Gasteiger partial charge in [0.25, 0.3) is 0 Å². The highest BCUT2D eigenvalue weighted by Gasteiger charge is 2.28. The van der Waals surface area contributed by atoms with Crippen LogP contribution in [0.15, 0.2) is 24.3 Å². The molecular weight excluding hydrogens is 448 g/mol. The van der Waals surface area contributed by atoms with Gasteiger partial charge in [0, 0.05) is 28.1 Å². The summed E-state index contributed by atoms with van der Waals surface area (Å²) in [4.78, 5) is 23.1. The minimum Gasteiger partial charge on any atom is -0.459 e. The third-order valence-corrected chi connectivity index (χ3v) is 4.83. The molecule has 0 aromatic carbocycles. The predicted octanol–water partition coefficient (Wildman–Crippen LogP) is 2.26. The number of carbonyl (C=O) groups is 2. The summed E-state index contributed by atoms with van der Waals surface area (Å²) < 4.78 is 31.8. The zero-order valence-corrected chi connectivity index (χ0v) is 21.2. The summed E-state index contributed by atoms with van der Waals surface area (Å²) in [5.41, 5.74) is 0. The minimum absolute atomic E-state index is 0.00794. The van der Waals surface area contributed by atoms with E-state index in [1.165, 1.54) is 28.1 Å². The molecule has 10 nitrogen and oxygen atoms in total. The number of hydrogen-bond acceptors (Lipinski definition) is 10. The number of carbonyl (C=O) groups excluding carboxylic acids is 2. The molecule has 0 spiro atoms. The molecule has 0 saturated carbocycles. The molecule has 0 aliphatic heterocycles. The number of ether oxygens (including phenoxy) is 6. The fraction of sp³-hybridized carbons (Fsp3) is 0.750. The molecule has 34 heavy (non-hydrogen) atoms. The van der Waals surface area contributed by atoms with Gasteiger partial charge in [-0.25, -0.2) is 0 Å². The lowest BCUT2D eigenvalue weighted by Crippen LogP contribution is -2.36. The van der Waals surface area contributed by atoms with Crippen LogP contribution in [0.25, 0.3) is 0 Å². The second-order valence-corrected chi connectivity index (χ2v) is 7.71. The summed E-state index contributed by atoms with van der Waals surface area (Å²) in [6.07, 6.45) is 3.17. The van der Waals surface area contributed by atoms with Crippen molar-refractivity contribution in [3.63, 3.8) is 0 Å². The molecule has 0 amide bonds. The van der Waals surface area contributed by atoms with E-state index in [0.29, 0.717) is 0 Å². The molecule has 0 bridgehead atoms. The molecule has 0 aromatic rings. The molecule has 6 atom stereocenters. The molecular formula is C24H42O10. The Morgan fingerprint density at radius 2 is 1.06 bits per heavy atom. The summed E-state index contributed by atoms with van der Waals surface area (Å²) in [6, 6.07) is 0. The fourth-order valence-corrected chi connectivity index (χ4v) is 3.31. The zero-order chi connectivity index (χ0) is 25.9. The van der Waals surface area contributed by atoms with E-state index in [0.717, 1.165) is 0 Å². The van der Waals surface area contributed by atoms with Crippen molar-refractivity contribution in [2.24, 2.45) is 0 Å². The van der Waals surface area contributed by atoms with E-state index in [1.54, 1.807) is 24.3 Å². The van der Waals surface area contributed by atoms with Gasteiger partial charge >= 0.3 is 11.9 Å². The maximum atomic E-state index is 11.6. The van der Waals surface area contributed by atoms with E-state index in [4.69, 9.17) is 28.4 Å². The van der Waals surface area contributed by atoms with Crippen molar-refractivity contribution in [3.05, 3.63) is 24.3 Å². The molecule has 0 aliphatic carbocycles. The highest BCUT2D eigenvalue weighted by molar-refractivity contribution is 5.66. The van der Waals surface area contributed by atoms with Crippen molar-refractivity contribution in [2.75, 3.05) is 27.8 Å². The van der Waals surface area contributed by atoms with E-state index in [-0.39, 0.29) is 39.3 Å². The molecule has 0 heterocycles. The summed E-state index contributed by atoms with van der Waals surface area (Å²) in [6.45, 7) is 6.22. The highest BCUT2D eigenvalue weighted by Crippen LogP contribution is 2.20. The Morgan fingerprint density at radius 1 is 0.706 bits per heavy atom. The second kappa shape index (κ2) is 19.5. The van der Waals surface area contributed by atoms with Gasteiger partial charge in [0.05, 0.1) is 12.2 Å². The van der Waals surface area contributed by atoms with Crippen LogP contribution in [0.1, 0.15) is 53.4 Å². The van der Waals surface area contributed by atoms with Gasteiger partial charge in [0.15, 0.2) is 0 Å². The molecule has 10 heteroatoms. The average molecular weight is 491 g/mol. The van der Waals surface area contributed by atoms with E-state index >= 15 is 0 Å². The average Bonchev–Trinajstić information content (AvgIpc) is 2.78. The van der Waals surface area contributed by atoms with Gasteiger partial charge in [-0.15, -0.1) is 0 Å². The number of rotatable bonds is 19. The first-order valence-corrected chi connectivity index (χ1v) is 11.4. The number of esters is 2. The number of methoxy groups -OCH3 is 2. The molecule has 0 unspecified atom stereocenters. The Bertz CT molecular complexity index is 555. The van der Waals surface area contributed by atoms with E-state index in [1.807, 2.05) is 13.8 Å². The first kappa shape index (κ1) is 32.2. The maximum Gasteiger partial charge on any atom is 0.303 e. The lowest BCUT2D eigenvalue weighted by atomic mass is 9.97. The molecule has 0 fully saturated rings. The zero-order valence-electron chi connectivity index (χ0n) is 21.2. The third kappa shape index (κ3) is 14.4. The lowest BCUT2D eigenvalue weighted by Gasteiger charge is -2.28. The topological polar surface area (TPSA) is 130 Å². The van der Waals surface area contributed by atoms with Crippen LogP contribution in [0.5, 0.6) is 0 Å².